The van der Waals surface area contributed by atoms with Crippen molar-refractivity contribution in [3.63, 3.8) is 0 Å². The van der Waals surface area contributed by atoms with E-state index in [4.69, 9.17) is 0 Å². The van der Waals surface area contributed by atoms with Crippen molar-refractivity contribution in [1.82, 2.24) is 19.6 Å². The van der Waals surface area contributed by atoms with Crippen LogP contribution in [0.25, 0.3) is 16.9 Å². The molecule has 3 aromatic heterocycles. The second-order valence-electron chi connectivity index (χ2n) is 3.31. The Bertz CT molecular complexity index is 633. The molecule has 0 saturated heterocycles. The van der Waals surface area contributed by atoms with Gasteiger partial charge in [-0.25, -0.2) is 9.50 Å². The highest BCUT2D eigenvalue weighted by molar-refractivity contribution is 9.10. The smallest absolute Gasteiger partial charge is 0.154 e. The van der Waals surface area contributed by atoms with Crippen LogP contribution < -0.4 is 0 Å². The molecule has 0 fully saturated rings. The van der Waals surface area contributed by atoms with Crippen LogP contribution in [0.1, 0.15) is 0 Å². The highest BCUT2D eigenvalue weighted by Crippen LogP contribution is 2.18. The fourth-order valence-corrected chi connectivity index (χ4v) is 1.89. The molecule has 0 amide bonds. The number of imidazole rings is 1. The Balaban J connectivity index is 2.22. The van der Waals surface area contributed by atoms with Gasteiger partial charge >= 0.3 is 0 Å². The summed E-state index contributed by atoms with van der Waals surface area (Å²) in [5.41, 5.74) is 2.76. The van der Waals surface area contributed by atoms with E-state index in [0.717, 1.165) is 21.5 Å². The summed E-state index contributed by atoms with van der Waals surface area (Å²) in [5.74, 6) is 0. The predicted molar refractivity (Wildman–Crippen MR) is 63.9 cm³/mol. The van der Waals surface area contributed by atoms with Crippen molar-refractivity contribution in [3.8, 4) is 11.3 Å². The molecule has 0 aliphatic heterocycles. The van der Waals surface area contributed by atoms with Gasteiger partial charge in [-0.15, -0.1) is 0 Å². The van der Waals surface area contributed by atoms with Crippen molar-refractivity contribution < 1.29 is 0 Å². The maximum absolute atomic E-state index is 4.48. The molecular formula is C11H7BrN4. The van der Waals surface area contributed by atoms with Gasteiger partial charge in [0.2, 0.25) is 0 Å². The standard InChI is InChI=1S/C11H7BrN4/c12-10-7-14-11-2-1-9(15-16(10)11)8-3-5-13-6-4-8/h1-7H. The topological polar surface area (TPSA) is 43.1 Å². The number of halogens is 1. The van der Waals surface area contributed by atoms with Crippen molar-refractivity contribution in [1.29, 1.82) is 0 Å². The number of fused-ring (bicyclic) bond motifs is 1. The number of nitrogens with zero attached hydrogens (tertiary/aromatic N) is 4. The molecule has 0 N–H and O–H groups in total. The van der Waals surface area contributed by atoms with Gasteiger partial charge in [-0.05, 0) is 40.2 Å². The van der Waals surface area contributed by atoms with Gasteiger partial charge in [0.25, 0.3) is 0 Å². The number of aromatic nitrogens is 4. The first-order valence-electron chi connectivity index (χ1n) is 4.75. The van der Waals surface area contributed by atoms with Crippen LogP contribution in [-0.2, 0) is 0 Å². The Kier molecular flexibility index (Phi) is 2.18. The summed E-state index contributed by atoms with van der Waals surface area (Å²) in [6.07, 6.45) is 5.24. The molecule has 5 heteroatoms. The third-order valence-corrected chi connectivity index (χ3v) is 2.84. The molecular weight excluding hydrogens is 268 g/mol. The molecule has 4 nitrogen and oxygen atoms in total. The van der Waals surface area contributed by atoms with Crippen LogP contribution in [0.2, 0.25) is 0 Å². The zero-order valence-electron chi connectivity index (χ0n) is 8.21. The Labute approximate surface area is 100 Å². The van der Waals surface area contributed by atoms with Crippen LogP contribution in [0, 0.1) is 0 Å². The second-order valence-corrected chi connectivity index (χ2v) is 4.12. The van der Waals surface area contributed by atoms with E-state index >= 15 is 0 Å². The molecule has 0 bridgehead atoms. The Hall–Kier alpha value is -1.75. The van der Waals surface area contributed by atoms with E-state index in [-0.39, 0.29) is 0 Å². The van der Waals surface area contributed by atoms with Crippen molar-refractivity contribution in [2.24, 2.45) is 0 Å². The lowest BCUT2D eigenvalue weighted by atomic mass is 10.2. The number of hydrogen-bond donors (Lipinski definition) is 0. The van der Waals surface area contributed by atoms with Crippen LogP contribution in [0.5, 0.6) is 0 Å². The van der Waals surface area contributed by atoms with Gasteiger partial charge in [-0.3, -0.25) is 4.98 Å². The largest absolute Gasteiger partial charge is 0.265 e. The summed E-state index contributed by atoms with van der Waals surface area (Å²) in [6.45, 7) is 0. The average Bonchev–Trinajstić information content (AvgIpc) is 2.72. The SMILES string of the molecule is Brc1cnc2ccc(-c3ccncc3)nn12. The third kappa shape index (κ3) is 1.49. The molecule has 3 rings (SSSR count). The first-order chi connectivity index (χ1) is 7.84. The third-order valence-electron chi connectivity index (χ3n) is 2.30. The Morgan fingerprint density at radius 1 is 1.06 bits per heavy atom. The van der Waals surface area contributed by atoms with Gasteiger partial charge in [-0.2, -0.15) is 5.10 Å². The highest BCUT2D eigenvalue weighted by Gasteiger charge is 2.04. The Morgan fingerprint density at radius 2 is 1.88 bits per heavy atom. The van der Waals surface area contributed by atoms with Crippen molar-refractivity contribution in [2.75, 3.05) is 0 Å². The predicted octanol–water partition coefficient (Wildman–Crippen LogP) is 2.55. The molecule has 16 heavy (non-hydrogen) atoms. The minimum absolute atomic E-state index is 0.824. The van der Waals surface area contributed by atoms with E-state index in [9.17, 15) is 0 Å². The summed E-state index contributed by atoms with van der Waals surface area (Å²) < 4.78 is 2.61. The van der Waals surface area contributed by atoms with Gasteiger partial charge < -0.3 is 0 Å². The molecule has 0 aliphatic rings. The summed E-state index contributed by atoms with van der Waals surface area (Å²) in [4.78, 5) is 8.18. The summed E-state index contributed by atoms with van der Waals surface area (Å²) >= 11 is 3.40. The van der Waals surface area contributed by atoms with Crippen LogP contribution in [0.4, 0.5) is 0 Å². The lowest BCUT2D eigenvalue weighted by molar-refractivity contribution is 0.922. The fourth-order valence-electron chi connectivity index (χ4n) is 1.52. The Morgan fingerprint density at radius 3 is 2.69 bits per heavy atom. The zero-order chi connectivity index (χ0) is 11.0. The van der Waals surface area contributed by atoms with E-state index in [2.05, 4.69) is 31.0 Å². The monoisotopic (exact) mass is 274 g/mol. The second kappa shape index (κ2) is 3.68. The van der Waals surface area contributed by atoms with E-state index < -0.39 is 0 Å². The number of hydrogen-bond acceptors (Lipinski definition) is 3. The van der Waals surface area contributed by atoms with Crippen molar-refractivity contribution in [3.05, 3.63) is 47.5 Å². The molecule has 0 unspecified atom stereocenters. The molecule has 0 aliphatic carbocycles. The summed E-state index contributed by atoms with van der Waals surface area (Å²) in [6, 6.07) is 7.75. The van der Waals surface area contributed by atoms with Gasteiger partial charge in [0.15, 0.2) is 5.65 Å². The normalized spacial score (nSPS) is 10.8. The van der Waals surface area contributed by atoms with Crippen LogP contribution in [0.3, 0.4) is 0 Å². The summed E-state index contributed by atoms with van der Waals surface area (Å²) in [5, 5.41) is 4.48. The van der Waals surface area contributed by atoms with Gasteiger partial charge in [-0.1, -0.05) is 0 Å². The average molecular weight is 275 g/mol. The van der Waals surface area contributed by atoms with Crippen LogP contribution in [-0.4, -0.2) is 19.6 Å². The molecule has 3 heterocycles. The zero-order valence-corrected chi connectivity index (χ0v) is 9.79. The molecule has 0 aromatic carbocycles. The van der Waals surface area contributed by atoms with Crippen molar-refractivity contribution in [2.45, 2.75) is 0 Å². The molecule has 0 radical (unpaired) electrons. The van der Waals surface area contributed by atoms with E-state index in [0.29, 0.717) is 0 Å². The molecule has 78 valence electrons. The first kappa shape index (κ1) is 9.47. The van der Waals surface area contributed by atoms with Gasteiger partial charge in [0, 0.05) is 18.0 Å². The minimum Gasteiger partial charge on any atom is -0.265 e. The number of rotatable bonds is 1. The molecule has 0 saturated carbocycles. The van der Waals surface area contributed by atoms with Gasteiger partial charge in [0.05, 0.1) is 11.9 Å². The lowest BCUT2D eigenvalue weighted by Gasteiger charge is -2.01. The van der Waals surface area contributed by atoms with Crippen molar-refractivity contribution >= 4 is 21.6 Å². The molecule has 0 spiro atoms. The quantitative estimate of drug-likeness (QED) is 0.685. The highest BCUT2D eigenvalue weighted by atomic mass is 79.9. The number of pyridine rings is 1. The summed E-state index contributed by atoms with van der Waals surface area (Å²) in [7, 11) is 0. The maximum Gasteiger partial charge on any atom is 0.154 e. The van der Waals surface area contributed by atoms with Gasteiger partial charge in [0.1, 0.15) is 4.60 Å². The van der Waals surface area contributed by atoms with E-state index in [1.54, 1.807) is 23.1 Å². The molecule has 0 atom stereocenters. The first-order valence-corrected chi connectivity index (χ1v) is 5.54. The van der Waals surface area contributed by atoms with Crippen LogP contribution >= 0.6 is 15.9 Å². The van der Waals surface area contributed by atoms with Crippen LogP contribution in [0.15, 0.2) is 47.5 Å². The molecule has 3 aromatic rings. The van der Waals surface area contributed by atoms with E-state index in [1.807, 2.05) is 24.3 Å². The minimum atomic E-state index is 0.824. The maximum atomic E-state index is 4.48. The van der Waals surface area contributed by atoms with E-state index in [1.165, 1.54) is 0 Å². The fraction of sp³-hybridized carbons (Fsp3) is 0. The lowest BCUT2D eigenvalue weighted by Crippen LogP contribution is -1.94.